The molecule has 98 valence electrons. The molecule has 0 amide bonds. The lowest BCUT2D eigenvalue weighted by Gasteiger charge is -2.07. The Morgan fingerprint density at radius 2 is 2.16 bits per heavy atom. The summed E-state index contributed by atoms with van der Waals surface area (Å²) in [5, 5.41) is 10.8. The normalized spacial score (nSPS) is 10.2. The predicted molar refractivity (Wildman–Crippen MR) is 73.0 cm³/mol. The van der Waals surface area contributed by atoms with Gasteiger partial charge in [-0.05, 0) is 27.6 Å². The first-order valence-corrected chi connectivity index (χ1v) is 6.17. The van der Waals surface area contributed by atoms with Gasteiger partial charge in [-0.15, -0.1) is 0 Å². The van der Waals surface area contributed by atoms with Crippen LogP contribution in [0.1, 0.15) is 5.56 Å². The van der Waals surface area contributed by atoms with Gasteiger partial charge >= 0.3 is 0 Å². The molecule has 0 unspecified atom stereocenters. The Balaban J connectivity index is 2.27. The second kappa shape index (κ2) is 5.77. The van der Waals surface area contributed by atoms with E-state index in [-0.39, 0.29) is 10.2 Å². The second-order valence-corrected chi connectivity index (χ2v) is 4.45. The van der Waals surface area contributed by atoms with Gasteiger partial charge in [-0.2, -0.15) is 0 Å². The lowest BCUT2D eigenvalue weighted by molar-refractivity contribution is -0.385. The molecule has 2 rings (SSSR count). The van der Waals surface area contributed by atoms with Gasteiger partial charge in [-0.1, -0.05) is 12.1 Å². The Morgan fingerprint density at radius 1 is 1.37 bits per heavy atom. The van der Waals surface area contributed by atoms with Crippen molar-refractivity contribution in [2.24, 2.45) is 5.73 Å². The van der Waals surface area contributed by atoms with Crippen LogP contribution in [0, 0.1) is 10.1 Å². The maximum atomic E-state index is 10.8. The van der Waals surface area contributed by atoms with Gasteiger partial charge in [0.2, 0.25) is 5.88 Å². The molecule has 0 bridgehead atoms. The van der Waals surface area contributed by atoms with Crippen LogP contribution >= 0.6 is 15.9 Å². The van der Waals surface area contributed by atoms with Crippen LogP contribution < -0.4 is 10.5 Å². The third-order valence-corrected chi connectivity index (χ3v) is 3.18. The summed E-state index contributed by atoms with van der Waals surface area (Å²) in [7, 11) is 0. The molecule has 1 aromatic carbocycles. The van der Waals surface area contributed by atoms with Gasteiger partial charge in [0.1, 0.15) is 4.47 Å². The molecule has 0 fully saturated rings. The van der Waals surface area contributed by atoms with Gasteiger partial charge in [-0.25, -0.2) is 4.98 Å². The van der Waals surface area contributed by atoms with Crippen molar-refractivity contribution in [2.45, 2.75) is 6.54 Å². The molecule has 0 radical (unpaired) electrons. The van der Waals surface area contributed by atoms with Gasteiger partial charge in [0.05, 0.1) is 4.92 Å². The minimum absolute atomic E-state index is 0.0592. The summed E-state index contributed by atoms with van der Waals surface area (Å²) < 4.78 is 5.78. The third kappa shape index (κ3) is 3.07. The minimum Gasteiger partial charge on any atom is -0.438 e. The van der Waals surface area contributed by atoms with Crippen molar-refractivity contribution in [3.8, 4) is 11.6 Å². The molecule has 2 N–H and O–H groups in total. The molecule has 19 heavy (non-hydrogen) atoms. The molecule has 0 aliphatic carbocycles. The fraction of sp³-hybridized carbons (Fsp3) is 0.0833. The summed E-state index contributed by atoms with van der Waals surface area (Å²) in [6, 6.07) is 8.00. The van der Waals surface area contributed by atoms with Gasteiger partial charge in [-0.3, -0.25) is 10.1 Å². The summed E-state index contributed by atoms with van der Waals surface area (Å²) >= 11 is 3.15. The minimum atomic E-state index is -0.484. The SMILES string of the molecule is NCc1ccc(Oc2cccc([N+](=O)[O-])c2Br)nc1. The fourth-order valence-corrected chi connectivity index (χ4v) is 1.91. The topological polar surface area (TPSA) is 91.3 Å². The van der Waals surface area contributed by atoms with Crippen LogP contribution in [0.2, 0.25) is 0 Å². The van der Waals surface area contributed by atoms with Crippen molar-refractivity contribution < 1.29 is 9.66 Å². The number of nitro groups is 1. The molecule has 1 heterocycles. The van der Waals surface area contributed by atoms with E-state index in [9.17, 15) is 10.1 Å². The number of hydrogen-bond acceptors (Lipinski definition) is 5. The van der Waals surface area contributed by atoms with Crippen LogP contribution in [0.25, 0.3) is 0 Å². The lowest BCUT2D eigenvalue weighted by atomic mass is 10.3. The van der Waals surface area contributed by atoms with Gasteiger partial charge < -0.3 is 10.5 Å². The van der Waals surface area contributed by atoms with Crippen LogP contribution in [0.3, 0.4) is 0 Å². The Morgan fingerprint density at radius 3 is 2.74 bits per heavy atom. The molecule has 0 aliphatic heterocycles. The Bertz CT molecular complexity index is 602. The molecule has 7 heteroatoms. The first-order valence-electron chi connectivity index (χ1n) is 5.37. The number of benzene rings is 1. The highest BCUT2D eigenvalue weighted by molar-refractivity contribution is 9.10. The maximum Gasteiger partial charge on any atom is 0.287 e. The molecule has 2 aromatic rings. The van der Waals surface area contributed by atoms with Crippen molar-refractivity contribution in [2.75, 3.05) is 0 Å². The van der Waals surface area contributed by atoms with E-state index in [1.54, 1.807) is 30.5 Å². The molecule has 1 aromatic heterocycles. The van der Waals surface area contributed by atoms with Crippen LogP contribution in [-0.4, -0.2) is 9.91 Å². The fourth-order valence-electron chi connectivity index (χ4n) is 1.42. The van der Waals surface area contributed by atoms with Crippen molar-refractivity contribution >= 4 is 21.6 Å². The first-order chi connectivity index (χ1) is 9.11. The summed E-state index contributed by atoms with van der Waals surface area (Å²) in [4.78, 5) is 14.4. The smallest absolute Gasteiger partial charge is 0.287 e. The molecular formula is C12H10BrN3O3. The van der Waals surface area contributed by atoms with Gasteiger partial charge in [0.15, 0.2) is 5.75 Å². The Labute approximate surface area is 117 Å². The van der Waals surface area contributed by atoms with E-state index in [1.807, 2.05) is 0 Å². The van der Waals surface area contributed by atoms with Crippen molar-refractivity contribution in [1.29, 1.82) is 0 Å². The number of rotatable bonds is 4. The molecule has 0 saturated carbocycles. The second-order valence-electron chi connectivity index (χ2n) is 3.66. The van der Waals surface area contributed by atoms with Gasteiger partial charge in [0, 0.05) is 24.9 Å². The molecule has 0 saturated heterocycles. The number of hydrogen-bond donors (Lipinski definition) is 1. The van der Waals surface area contributed by atoms with Crippen LogP contribution in [0.15, 0.2) is 41.0 Å². The van der Waals surface area contributed by atoms with E-state index in [0.717, 1.165) is 5.56 Å². The largest absolute Gasteiger partial charge is 0.438 e. The number of nitrogens with two attached hydrogens (primary N) is 1. The van der Waals surface area contributed by atoms with E-state index < -0.39 is 4.92 Å². The number of halogens is 1. The van der Waals surface area contributed by atoms with Crippen molar-refractivity contribution in [3.63, 3.8) is 0 Å². The molecule has 6 nitrogen and oxygen atoms in total. The zero-order valence-electron chi connectivity index (χ0n) is 9.75. The van der Waals surface area contributed by atoms with Crippen molar-refractivity contribution in [3.05, 3.63) is 56.7 Å². The van der Waals surface area contributed by atoms with E-state index >= 15 is 0 Å². The molecule has 0 atom stereocenters. The highest BCUT2D eigenvalue weighted by Gasteiger charge is 2.16. The summed E-state index contributed by atoms with van der Waals surface area (Å²) in [5.74, 6) is 0.681. The number of pyridine rings is 1. The highest BCUT2D eigenvalue weighted by Crippen LogP contribution is 2.35. The molecular weight excluding hydrogens is 314 g/mol. The van der Waals surface area contributed by atoms with Crippen LogP contribution in [0.5, 0.6) is 11.6 Å². The van der Waals surface area contributed by atoms with E-state index in [2.05, 4.69) is 20.9 Å². The average Bonchev–Trinajstić information content (AvgIpc) is 2.41. The summed E-state index contributed by atoms with van der Waals surface area (Å²) in [6.45, 7) is 0.397. The number of nitro benzene ring substituents is 1. The van der Waals surface area contributed by atoms with E-state index in [4.69, 9.17) is 10.5 Å². The third-order valence-electron chi connectivity index (χ3n) is 2.39. The van der Waals surface area contributed by atoms with Gasteiger partial charge in [0.25, 0.3) is 5.69 Å². The van der Waals surface area contributed by atoms with E-state index in [1.165, 1.54) is 6.07 Å². The zero-order valence-corrected chi connectivity index (χ0v) is 11.3. The standard InChI is InChI=1S/C12H10BrN3O3/c13-12-9(16(17)18)2-1-3-10(12)19-11-5-4-8(6-14)7-15-11/h1-5,7H,6,14H2. The predicted octanol–water partition coefficient (Wildman–Crippen LogP) is 3.00. The van der Waals surface area contributed by atoms with Crippen LogP contribution in [0.4, 0.5) is 5.69 Å². The first kappa shape index (κ1) is 13.4. The lowest BCUT2D eigenvalue weighted by Crippen LogP contribution is -1.97. The highest BCUT2D eigenvalue weighted by atomic mass is 79.9. The van der Waals surface area contributed by atoms with Crippen LogP contribution in [-0.2, 0) is 6.54 Å². The molecule has 0 aliphatic rings. The monoisotopic (exact) mass is 323 g/mol. The van der Waals surface area contributed by atoms with E-state index in [0.29, 0.717) is 18.2 Å². The Hall–Kier alpha value is -1.99. The number of nitrogens with zero attached hydrogens (tertiary/aromatic N) is 2. The number of ether oxygens (including phenoxy) is 1. The Kier molecular flexibility index (Phi) is 4.08. The quantitative estimate of drug-likeness (QED) is 0.689. The maximum absolute atomic E-state index is 10.8. The van der Waals surface area contributed by atoms with Crippen molar-refractivity contribution in [1.82, 2.24) is 4.98 Å². The number of aromatic nitrogens is 1. The summed E-state index contributed by atoms with van der Waals surface area (Å²) in [5.41, 5.74) is 6.29. The molecule has 0 spiro atoms. The average molecular weight is 324 g/mol. The zero-order chi connectivity index (χ0) is 13.8. The summed E-state index contributed by atoms with van der Waals surface area (Å²) in [6.07, 6.45) is 1.60.